The van der Waals surface area contributed by atoms with Crippen molar-refractivity contribution in [2.24, 2.45) is 5.92 Å². The Labute approximate surface area is 124 Å². The first-order chi connectivity index (χ1) is 9.93. The van der Waals surface area contributed by atoms with Crippen molar-refractivity contribution in [3.63, 3.8) is 0 Å². The smallest absolute Gasteiger partial charge is 0.326 e. The van der Waals surface area contributed by atoms with Crippen LogP contribution >= 0.6 is 0 Å². The zero-order chi connectivity index (χ0) is 15.8. The van der Waals surface area contributed by atoms with E-state index in [9.17, 15) is 9.59 Å². The summed E-state index contributed by atoms with van der Waals surface area (Å²) in [7, 11) is 1.55. The molecular weight excluding hydrogens is 270 g/mol. The Morgan fingerprint density at radius 2 is 2.00 bits per heavy atom. The lowest BCUT2D eigenvalue weighted by atomic mass is 10.0. The largest absolute Gasteiger partial charge is 0.496 e. The monoisotopic (exact) mass is 291 g/mol. The molecule has 5 nitrogen and oxygen atoms in total. The van der Waals surface area contributed by atoms with Crippen molar-refractivity contribution >= 4 is 18.0 Å². The average Bonchev–Trinajstić information content (AvgIpc) is 2.44. The minimum atomic E-state index is -1.03. The Kier molecular flexibility index (Phi) is 6.46. The van der Waals surface area contributed by atoms with Crippen molar-refractivity contribution < 1.29 is 19.4 Å². The van der Waals surface area contributed by atoms with Crippen LogP contribution in [0, 0.1) is 5.92 Å². The van der Waals surface area contributed by atoms with Crippen LogP contribution in [0.3, 0.4) is 0 Å². The van der Waals surface area contributed by atoms with Crippen LogP contribution in [0.1, 0.15) is 25.8 Å². The van der Waals surface area contributed by atoms with E-state index < -0.39 is 17.9 Å². The highest BCUT2D eigenvalue weighted by Gasteiger charge is 2.19. The summed E-state index contributed by atoms with van der Waals surface area (Å²) in [6, 6.07) is 6.39. The van der Waals surface area contributed by atoms with Gasteiger partial charge < -0.3 is 15.2 Å². The molecule has 1 unspecified atom stereocenters. The number of benzene rings is 1. The normalized spacial score (nSPS) is 12.4. The molecule has 5 heteroatoms. The number of rotatable bonds is 7. The molecule has 0 saturated heterocycles. The molecule has 1 aromatic carbocycles. The zero-order valence-corrected chi connectivity index (χ0v) is 12.5. The maximum absolute atomic E-state index is 11.8. The Morgan fingerprint density at radius 1 is 1.33 bits per heavy atom. The molecule has 114 valence electrons. The second-order valence-corrected chi connectivity index (χ2v) is 5.10. The van der Waals surface area contributed by atoms with Crippen LogP contribution in [0.15, 0.2) is 30.3 Å². The standard InChI is InChI=1S/C16H21NO4/c1-11(2)10-13(16(19)20)17-15(18)9-8-12-6-4-5-7-14(12)21-3/h4-9,11,13H,10H2,1-3H3,(H,17,18)(H,19,20)/b9-8+. The number of carboxylic acids is 1. The average molecular weight is 291 g/mol. The summed E-state index contributed by atoms with van der Waals surface area (Å²) < 4.78 is 5.17. The van der Waals surface area contributed by atoms with Crippen LogP contribution in [-0.4, -0.2) is 30.1 Å². The van der Waals surface area contributed by atoms with Gasteiger partial charge in [-0.2, -0.15) is 0 Å². The molecule has 0 aliphatic carbocycles. The summed E-state index contributed by atoms with van der Waals surface area (Å²) in [4.78, 5) is 22.9. The molecule has 0 saturated carbocycles. The number of ether oxygens (including phenoxy) is 1. The lowest BCUT2D eigenvalue weighted by molar-refractivity contribution is -0.141. The molecule has 1 amide bonds. The molecule has 1 atom stereocenters. The van der Waals surface area contributed by atoms with Gasteiger partial charge in [0.25, 0.3) is 0 Å². The predicted molar refractivity (Wildman–Crippen MR) is 81.0 cm³/mol. The molecule has 1 rings (SSSR count). The lowest BCUT2D eigenvalue weighted by Gasteiger charge is -2.15. The molecule has 0 spiro atoms. The molecule has 0 radical (unpaired) electrons. The predicted octanol–water partition coefficient (Wildman–Crippen LogP) is 2.32. The number of amides is 1. The van der Waals surface area contributed by atoms with Crippen molar-refractivity contribution in [2.75, 3.05) is 7.11 Å². The molecule has 0 aliphatic rings. The number of methoxy groups -OCH3 is 1. The van der Waals surface area contributed by atoms with Crippen molar-refractivity contribution in [1.29, 1.82) is 0 Å². The minimum Gasteiger partial charge on any atom is -0.496 e. The van der Waals surface area contributed by atoms with Gasteiger partial charge in [-0.25, -0.2) is 4.79 Å². The molecule has 0 aromatic heterocycles. The Hall–Kier alpha value is -2.30. The zero-order valence-electron chi connectivity index (χ0n) is 12.5. The Balaban J connectivity index is 2.71. The molecule has 0 bridgehead atoms. The van der Waals surface area contributed by atoms with E-state index in [1.165, 1.54) is 6.08 Å². The van der Waals surface area contributed by atoms with E-state index in [0.29, 0.717) is 12.2 Å². The van der Waals surface area contributed by atoms with E-state index >= 15 is 0 Å². The summed E-state index contributed by atoms with van der Waals surface area (Å²) >= 11 is 0. The molecule has 1 aromatic rings. The number of hydrogen-bond acceptors (Lipinski definition) is 3. The van der Waals surface area contributed by atoms with Gasteiger partial charge in [-0.15, -0.1) is 0 Å². The van der Waals surface area contributed by atoms with E-state index in [0.717, 1.165) is 5.56 Å². The third kappa shape index (κ3) is 5.69. The quantitative estimate of drug-likeness (QED) is 0.756. The van der Waals surface area contributed by atoms with Crippen LogP contribution in [0.4, 0.5) is 0 Å². The van der Waals surface area contributed by atoms with Crippen LogP contribution in [-0.2, 0) is 9.59 Å². The molecule has 0 aliphatic heterocycles. The number of carbonyl (C=O) groups excluding carboxylic acids is 1. The van der Waals surface area contributed by atoms with Crippen LogP contribution in [0.5, 0.6) is 5.75 Å². The van der Waals surface area contributed by atoms with E-state index in [4.69, 9.17) is 9.84 Å². The Morgan fingerprint density at radius 3 is 2.57 bits per heavy atom. The topological polar surface area (TPSA) is 75.6 Å². The summed E-state index contributed by atoms with van der Waals surface area (Å²) in [5.74, 6) is -0.625. The van der Waals surface area contributed by atoms with Crippen LogP contribution in [0.2, 0.25) is 0 Å². The van der Waals surface area contributed by atoms with Crippen molar-refractivity contribution in [3.05, 3.63) is 35.9 Å². The fourth-order valence-corrected chi connectivity index (χ4v) is 1.88. The van der Waals surface area contributed by atoms with Gasteiger partial charge in [0.15, 0.2) is 0 Å². The molecule has 0 fully saturated rings. The van der Waals surface area contributed by atoms with Gasteiger partial charge in [0.2, 0.25) is 5.91 Å². The fourth-order valence-electron chi connectivity index (χ4n) is 1.88. The first-order valence-corrected chi connectivity index (χ1v) is 6.78. The molecule has 2 N–H and O–H groups in total. The first-order valence-electron chi connectivity index (χ1n) is 6.78. The summed E-state index contributed by atoms with van der Waals surface area (Å²) in [5, 5.41) is 11.6. The van der Waals surface area contributed by atoms with Gasteiger partial charge in [0.05, 0.1) is 7.11 Å². The highest BCUT2D eigenvalue weighted by molar-refractivity contribution is 5.94. The number of carbonyl (C=O) groups is 2. The Bertz CT molecular complexity index is 523. The first kappa shape index (κ1) is 16.8. The van der Waals surface area contributed by atoms with E-state index in [-0.39, 0.29) is 5.92 Å². The summed E-state index contributed by atoms with van der Waals surface area (Å²) in [6.45, 7) is 3.82. The van der Waals surface area contributed by atoms with Crippen LogP contribution in [0.25, 0.3) is 6.08 Å². The maximum atomic E-state index is 11.8. The van der Waals surface area contributed by atoms with E-state index in [1.54, 1.807) is 19.3 Å². The van der Waals surface area contributed by atoms with Gasteiger partial charge in [-0.05, 0) is 24.5 Å². The van der Waals surface area contributed by atoms with Gasteiger partial charge in [0.1, 0.15) is 11.8 Å². The third-order valence-electron chi connectivity index (χ3n) is 2.87. The SMILES string of the molecule is COc1ccccc1/C=C/C(=O)NC(CC(C)C)C(=O)O. The number of nitrogens with one attached hydrogen (secondary N) is 1. The second kappa shape index (κ2) is 8.09. The number of aliphatic carboxylic acids is 1. The maximum Gasteiger partial charge on any atom is 0.326 e. The minimum absolute atomic E-state index is 0.185. The molecular formula is C16H21NO4. The summed E-state index contributed by atoms with van der Waals surface area (Å²) in [5.41, 5.74) is 0.755. The number of para-hydroxylation sites is 1. The highest BCUT2D eigenvalue weighted by atomic mass is 16.5. The fraction of sp³-hybridized carbons (Fsp3) is 0.375. The van der Waals surface area contributed by atoms with Crippen LogP contribution < -0.4 is 10.1 Å². The van der Waals surface area contributed by atoms with Gasteiger partial charge in [0, 0.05) is 11.6 Å². The number of carboxylic acid groups (broad SMARTS) is 1. The second-order valence-electron chi connectivity index (χ2n) is 5.10. The highest BCUT2D eigenvalue weighted by Crippen LogP contribution is 2.18. The van der Waals surface area contributed by atoms with Crippen molar-refractivity contribution in [2.45, 2.75) is 26.3 Å². The number of hydrogen-bond donors (Lipinski definition) is 2. The molecule has 0 heterocycles. The van der Waals surface area contributed by atoms with Crippen molar-refractivity contribution in [1.82, 2.24) is 5.32 Å². The third-order valence-corrected chi connectivity index (χ3v) is 2.87. The molecule has 21 heavy (non-hydrogen) atoms. The summed E-state index contributed by atoms with van der Waals surface area (Å²) in [6.07, 6.45) is 3.31. The lowest BCUT2D eigenvalue weighted by Crippen LogP contribution is -2.40. The van der Waals surface area contributed by atoms with Gasteiger partial charge >= 0.3 is 5.97 Å². The van der Waals surface area contributed by atoms with E-state index in [2.05, 4.69) is 5.32 Å². The van der Waals surface area contributed by atoms with E-state index in [1.807, 2.05) is 32.0 Å². The van der Waals surface area contributed by atoms with Crippen molar-refractivity contribution in [3.8, 4) is 5.75 Å². The van der Waals surface area contributed by atoms with Gasteiger partial charge in [-0.3, -0.25) is 4.79 Å². The van der Waals surface area contributed by atoms with Gasteiger partial charge in [-0.1, -0.05) is 32.0 Å².